The number of rotatable bonds is 2. The van der Waals surface area contributed by atoms with Crippen molar-refractivity contribution in [1.82, 2.24) is 4.98 Å². The highest BCUT2D eigenvalue weighted by Crippen LogP contribution is 2.24. The minimum Gasteiger partial charge on any atom is -0.369 e. The SMILES string of the molecule is Cc1ccc(C)c2c(C)cc(CC(N)=O)nc12. The Hall–Kier alpha value is -1.90. The topological polar surface area (TPSA) is 56.0 Å². The summed E-state index contributed by atoms with van der Waals surface area (Å²) in [7, 11) is 0. The van der Waals surface area contributed by atoms with Crippen LogP contribution in [-0.2, 0) is 11.2 Å². The molecule has 2 N–H and O–H groups in total. The summed E-state index contributed by atoms with van der Waals surface area (Å²) in [5, 5.41) is 1.18. The highest BCUT2D eigenvalue weighted by Gasteiger charge is 2.08. The molecule has 0 radical (unpaired) electrons. The third-order valence-corrected chi connectivity index (χ3v) is 2.98. The fraction of sp³-hybridized carbons (Fsp3) is 0.286. The Labute approximate surface area is 101 Å². The van der Waals surface area contributed by atoms with Gasteiger partial charge in [-0.05, 0) is 43.5 Å². The number of pyridine rings is 1. The third kappa shape index (κ3) is 2.13. The van der Waals surface area contributed by atoms with Crippen LogP contribution in [0.25, 0.3) is 10.9 Å². The summed E-state index contributed by atoms with van der Waals surface area (Å²) < 4.78 is 0. The maximum absolute atomic E-state index is 11.0. The second kappa shape index (κ2) is 4.17. The fourth-order valence-electron chi connectivity index (χ4n) is 2.21. The van der Waals surface area contributed by atoms with Gasteiger partial charge in [-0.1, -0.05) is 12.1 Å². The van der Waals surface area contributed by atoms with Gasteiger partial charge in [-0.15, -0.1) is 0 Å². The van der Waals surface area contributed by atoms with Gasteiger partial charge in [0.2, 0.25) is 5.91 Å². The normalized spacial score (nSPS) is 10.8. The lowest BCUT2D eigenvalue weighted by Crippen LogP contribution is -2.14. The predicted molar refractivity (Wildman–Crippen MR) is 68.9 cm³/mol. The van der Waals surface area contributed by atoms with Gasteiger partial charge in [0.15, 0.2) is 0 Å². The molecular formula is C14H16N2O. The molecular weight excluding hydrogens is 212 g/mol. The molecule has 0 bridgehead atoms. The first-order valence-corrected chi connectivity index (χ1v) is 5.64. The van der Waals surface area contributed by atoms with Gasteiger partial charge in [0.1, 0.15) is 0 Å². The van der Waals surface area contributed by atoms with Crippen molar-refractivity contribution in [3.8, 4) is 0 Å². The summed E-state index contributed by atoms with van der Waals surface area (Å²) in [6, 6.07) is 6.10. The second-order valence-corrected chi connectivity index (χ2v) is 4.50. The van der Waals surface area contributed by atoms with Crippen molar-refractivity contribution >= 4 is 16.8 Å². The summed E-state index contributed by atoms with van der Waals surface area (Å²) >= 11 is 0. The summed E-state index contributed by atoms with van der Waals surface area (Å²) in [5.74, 6) is -0.346. The van der Waals surface area contributed by atoms with Crippen LogP contribution in [0.5, 0.6) is 0 Å². The van der Waals surface area contributed by atoms with Gasteiger partial charge >= 0.3 is 0 Å². The Morgan fingerprint density at radius 3 is 2.47 bits per heavy atom. The van der Waals surface area contributed by atoms with Gasteiger partial charge in [0.25, 0.3) is 0 Å². The van der Waals surface area contributed by atoms with Crippen molar-refractivity contribution in [2.24, 2.45) is 5.73 Å². The van der Waals surface area contributed by atoms with E-state index >= 15 is 0 Å². The highest BCUT2D eigenvalue weighted by molar-refractivity contribution is 5.88. The number of nitrogens with two attached hydrogens (primary N) is 1. The number of nitrogens with zero attached hydrogens (tertiary/aromatic N) is 1. The molecule has 0 atom stereocenters. The van der Waals surface area contributed by atoms with Crippen LogP contribution in [0.1, 0.15) is 22.4 Å². The Morgan fingerprint density at radius 1 is 1.18 bits per heavy atom. The van der Waals surface area contributed by atoms with Crippen molar-refractivity contribution in [1.29, 1.82) is 0 Å². The van der Waals surface area contributed by atoms with Gasteiger partial charge < -0.3 is 5.73 Å². The minimum atomic E-state index is -0.346. The molecule has 0 unspecified atom stereocenters. The molecule has 0 aliphatic heterocycles. The first-order chi connectivity index (χ1) is 7.99. The lowest BCUT2D eigenvalue weighted by Gasteiger charge is -2.10. The van der Waals surface area contributed by atoms with E-state index in [9.17, 15) is 4.79 Å². The van der Waals surface area contributed by atoms with E-state index in [0.29, 0.717) is 0 Å². The average molecular weight is 228 g/mol. The molecule has 3 nitrogen and oxygen atoms in total. The smallest absolute Gasteiger partial charge is 0.223 e. The fourth-order valence-corrected chi connectivity index (χ4v) is 2.21. The number of hydrogen-bond donors (Lipinski definition) is 1. The van der Waals surface area contributed by atoms with Crippen LogP contribution in [0.4, 0.5) is 0 Å². The van der Waals surface area contributed by atoms with Gasteiger partial charge in [-0.3, -0.25) is 9.78 Å². The number of fused-ring (bicyclic) bond motifs is 1. The largest absolute Gasteiger partial charge is 0.369 e. The summed E-state index contributed by atoms with van der Waals surface area (Å²) in [4.78, 5) is 15.5. The average Bonchev–Trinajstić information content (AvgIpc) is 2.22. The molecule has 0 saturated carbocycles. The number of carbonyl (C=O) groups excluding carboxylic acids is 1. The van der Waals surface area contributed by atoms with Crippen LogP contribution in [-0.4, -0.2) is 10.9 Å². The molecule has 0 spiro atoms. The van der Waals surface area contributed by atoms with Crippen LogP contribution in [0, 0.1) is 20.8 Å². The van der Waals surface area contributed by atoms with E-state index in [4.69, 9.17) is 5.73 Å². The van der Waals surface area contributed by atoms with Crippen molar-refractivity contribution in [2.75, 3.05) is 0 Å². The molecule has 0 saturated heterocycles. The highest BCUT2D eigenvalue weighted by atomic mass is 16.1. The number of hydrogen-bond acceptors (Lipinski definition) is 2. The van der Waals surface area contributed by atoms with Gasteiger partial charge in [-0.25, -0.2) is 0 Å². The van der Waals surface area contributed by atoms with Crippen LogP contribution in [0.3, 0.4) is 0 Å². The van der Waals surface area contributed by atoms with Crippen molar-refractivity contribution < 1.29 is 4.79 Å². The standard InChI is InChI=1S/C14H16N2O/c1-8-4-5-9(2)14-13(8)10(3)6-11(16-14)7-12(15)17/h4-6H,7H2,1-3H3,(H2,15,17). The number of amides is 1. The first kappa shape index (κ1) is 11.6. The zero-order valence-electron chi connectivity index (χ0n) is 10.4. The minimum absolute atomic E-state index is 0.199. The third-order valence-electron chi connectivity index (χ3n) is 2.98. The Balaban J connectivity index is 2.72. The van der Waals surface area contributed by atoms with E-state index in [0.717, 1.165) is 22.3 Å². The van der Waals surface area contributed by atoms with E-state index < -0.39 is 0 Å². The summed E-state index contributed by atoms with van der Waals surface area (Å²) in [5.41, 5.74) is 10.4. The molecule has 1 aromatic carbocycles. The van der Waals surface area contributed by atoms with Gasteiger partial charge in [-0.2, -0.15) is 0 Å². The second-order valence-electron chi connectivity index (χ2n) is 4.50. The van der Waals surface area contributed by atoms with Gasteiger partial charge in [0, 0.05) is 5.39 Å². The van der Waals surface area contributed by atoms with Crippen molar-refractivity contribution in [3.63, 3.8) is 0 Å². The van der Waals surface area contributed by atoms with Crippen LogP contribution < -0.4 is 5.73 Å². The summed E-state index contributed by atoms with van der Waals surface area (Å²) in [6.07, 6.45) is 0.199. The Morgan fingerprint density at radius 2 is 1.82 bits per heavy atom. The van der Waals surface area contributed by atoms with E-state index in [-0.39, 0.29) is 12.3 Å². The maximum Gasteiger partial charge on any atom is 0.223 e. The molecule has 0 aliphatic carbocycles. The number of aryl methyl sites for hydroxylation is 3. The molecule has 0 aliphatic rings. The molecule has 1 heterocycles. The molecule has 2 rings (SSSR count). The quantitative estimate of drug-likeness (QED) is 0.856. The number of primary amides is 1. The van der Waals surface area contributed by atoms with Crippen molar-refractivity contribution in [2.45, 2.75) is 27.2 Å². The number of aromatic nitrogens is 1. The zero-order chi connectivity index (χ0) is 12.6. The van der Waals surface area contributed by atoms with Crippen LogP contribution in [0.15, 0.2) is 18.2 Å². The molecule has 2 aromatic rings. The summed E-state index contributed by atoms with van der Waals surface area (Å²) in [6.45, 7) is 6.15. The van der Waals surface area contributed by atoms with Crippen LogP contribution >= 0.6 is 0 Å². The van der Waals surface area contributed by atoms with Crippen molar-refractivity contribution in [3.05, 3.63) is 40.6 Å². The van der Waals surface area contributed by atoms with E-state index in [1.165, 1.54) is 10.9 Å². The maximum atomic E-state index is 11.0. The van der Waals surface area contributed by atoms with Crippen LogP contribution in [0.2, 0.25) is 0 Å². The number of carbonyl (C=O) groups is 1. The lowest BCUT2D eigenvalue weighted by atomic mass is 10.0. The predicted octanol–water partition coefficient (Wildman–Crippen LogP) is 2.19. The van der Waals surface area contributed by atoms with E-state index in [1.54, 1.807) is 0 Å². The lowest BCUT2D eigenvalue weighted by molar-refractivity contribution is -0.117. The molecule has 1 amide bonds. The zero-order valence-corrected chi connectivity index (χ0v) is 10.4. The molecule has 17 heavy (non-hydrogen) atoms. The molecule has 1 aromatic heterocycles. The monoisotopic (exact) mass is 228 g/mol. The Bertz CT molecular complexity index is 603. The molecule has 0 fully saturated rings. The van der Waals surface area contributed by atoms with E-state index in [2.05, 4.69) is 24.0 Å². The first-order valence-electron chi connectivity index (χ1n) is 5.64. The van der Waals surface area contributed by atoms with E-state index in [1.807, 2.05) is 19.9 Å². The molecule has 3 heteroatoms. The van der Waals surface area contributed by atoms with Gasteiger partial charge in [0.05, 0.1) is 17.6 Å². The Kier molecular flexibility index (Phi) is 2.84. The molecule has 88 valence electrons. The number of benzene rings is 1.